The van der Waals surface area contributed by atoms with E-state index in [0.717, 1.165) is 16.6 Å². The van der Waals surface area contributed by atoms with Crippen LogP contribution < -0.4 is 11.0 Å². The minimum atomic E-state index is -1.06. The van der Waals surface area contributed by atoms with Gasteiger partial charge in [-0.05, 0) is 38.0 Å². The molecular weight excluding hydrogens is 330 g/mol. The van der Waals surface area contributed by atoms with Crippen LogP contribution >= 0.6 is 0 Å². The van der Waals surface area contributed by atoms with Crippen molar-refractivity contribution in [2.75, 3.05) is 0 Å². The summed E-state index contributed by atoms with van der Waals surface area (Å²) in [5, 5.41) is 11.5. The third-order valence-corrected chi connectivity index (χ3v) is 4.51. The molecule has 3 rings (SSSR count). The van der Waals surface area contributed by atoms with Gasteiger partial charge in [0, 0.05) is 12.1 Å². The largest absolute Gasteiger partial charge is 0.465 e. The van der Waals surface area contributed by atoms with Crippen LogP contribution in [-0.2, 0) is 13.1 Å². The first-order valence-corrected chi connectivity index (χ1v) is 8.60. The number of aryl methyl sites for hydroxylation is 1. The number of hydrogen-bond acceptors (Lipinski definition) is 2. The molecule has 6 nitrogen and oxygen atoms in total. The second kappa shape index (κ2) is 7.07. The summed E-state index contributed by atoms with van der Waals surface area (Å²) >= 11 is 0. The molecule has 3 aromatic rings. The molecule has 0 fully saturated rings. The highest BCUT2D eigenvalue weighted by molar-refractivity contribution is 5.76. The van der Waals surface area contributed by atoms with Crippen LogP contribution in [0.5, 0.6) is 0 Å². The van der Waals surface area contributed by atoms with E-state index in [0.29, 0.717) is 19.5 Å². The molecule has 1 aromatic heterocycles. The third kappa shape index (κ3) is 3.79. The van der Waals surface area contributed by atoms with Gasteiger partial charge in [0.2, 0.25) is 0 Å². The summed E-state index contributed by atoms with van der Waals surface area (Å²) in [6, 6.07) is 17.6. The quantitative estimate of drug-likeness (QED) is 0.714. The molecule has 0 saturated heterocycles. The standard InChI is InChI=1S/C20H23N3O3/c1-20(2,21-18(24)25)12-13-22-16-10-6-7-11-17(16)23(19(22)26)14-15-8-4-3-5-9-15/h3-11,21H,12-14H2,1-2H3,(H,24,25). The summed E-state index contributed by atoms with van der Waals surface area (Å²) < 4.78 is 3.49. The summed E-state index contributed by atoms with van der Waals surface area (Å²) in [5.74, 6) is 0. The van der Waals surface area contributed by atoms with Gasteiger partial charge in [0.1, 0.15) is 0 Å². The van der Waals surface area contributed by atoms with E-state index in [1.807, 2.05) is 68.4 Å². The van der Waals surface area contributed by atoms with Crippen molar-refractivity contribution in [3.8, 4) is 0 Å². The van der Waals surface area contributed by atoms with E-state index < -0.39 is 11.6 Å². The van der Waals surface area contributed by atoms with Crippen molar-refractivity contribution >= 4 is 17.1 Å². The van der Waals surface area contributed by atoms with Crippen molar-refractivity contribution in [3.63, 3.8) is 0 Å². The van der Waals surface area contributed by atoms with E-state index in [1.54, 1.807) is 9.13 Å². The number of carbonyl (C=O) groups is 1. The van der Waals surface area contributed by atoms with Gasteiger partial charge >= 0.3 is 11.8 Å². The molecule has 6 heteroatoms. The normalized spacial score (nSPS) is 11.6. The SMILES string of the molecule is CC(C)(CCn1c(=O)n(Cc2ccccc2)c2ccccc21)NC(=O)O. The molecule has 0 bridgehead atoms. The number of nitrogens with zero attached hydrogens (tertiary/aromatic N) is 2. The Balaban J connectivity index is 1.95. The number of nitrogens with one attached hydrogen (secondary N) is 1. The number of benzene rings is 2. The van der Waals surface area contributed by atoms with E-state index in [9.17, 15) is 9.59 Å². The second-order valence-corrected chi connectivity index (χ2v) is 7.06. The Morgan fingerprint density at radius 1 is 1.00 bits per heavy atom. The predicted octanol–water partition coefficient (Wildman–Crippen LogP) is 3.29. The van der Waals surface area contributed by atoms with Crippen LogP contribution in [-0.4, -0.2) is 25.9 Å². The van der Waals surface area contributed by atoms with Gasteiger partial charge in [0.25, 0.3) is 0 Å². The molecule has 0 unspecified atom stereocenters. The van der Waals surface area contributed by atoms with Gasteiger partial charge < -0.3 is 10.4 Å². The number of amides is 1. The van der Waals surface area contributed by atoms with E-state index in [2.05, 4.69) is 5.32 Å². The molecule has 0 aliphatic carbocycles. The number of imidazole rings is 1. The topological polar surface area (TPSA) is 76.3 Å². The summed E-state index contributed by atoms with van der Waals surface area (Å²) in [4.78, 5) is 24.0. The van der Waals surface area contributed by atoms with Gasteiger partial charge in [-0.15, -0.1) is 0 Å². The Morgan fingerprint density at radius 2 is 1.58 bits per heavy atom. The van der Waals surface area contributed by atoms with Gasteiger partial charge in [-0.1, -0.05) is 42.5 Å². The maximum absolute atomic E-state index is 13.0. The van der Waals surface area contributed by atoms with E-state index in [-0.39, 0.29) is 5.69 Å². The van der Waals surface area contributed by atoms with Crippen LogP contribution in [0.25, 0.3) is 11.0 Å². The van der Waals surface area contributed by atoms with Crippen molar-refractivity contribution in [1.82, 2.24) is 14.5 Å². The molecule has 0 aliphatic heterocycles. The maximum atomic E-state index is 13.0. The van der Waals surface area contributed by atoms with Crippen LogP contribution in [0.15, 0.2) is 59.4 Å². The molecule has 0 atom stereocenters. The predicted molar refractivity (Wildman–Crippen MR) is 102 cm³/mol. The van der Waals surface area contributed by atoms with Gasteiger partial charge in [-0.3, -0.25) is 9.13 Å². The summed E-state index contributed by atoms with van der Waals surface area (Å²) in [6.45, 7) is 4.57. The van der Waals surface area contributed by atoms with Crippen molar-refractivity contribution in [3.05, 3.63) is 70.6 Å². The van der Waals surface area contributed by atoms with Crippen LogP contribution in [0.2, 0.25) is 0 Å². The molecule has 2 N–H and O–H groups in total. The Bertz CT molecular complexity index is 971. The molecule has 26 heavy (non-hydrogen) atoms. The highest BCUT2D eigenvalue weighted by atomic mass is 16.4. The zero-order valence-electron chi connectivity index (χ0n) is 15.0. The molecule has 1 amide bonds. The number of carboxylic acid groups (broad SMARTS) is 1. The molecular formula is C20H23N3O3. The van der Waals surface area contributed by atoms with Gasteiger partial charge in [0.15, 0.2) is 0 Å². The fourth-order valence-electron chi connectivity index (χ4n) is 3.15. The lowest BCUT2D eigenvalue weighted by Crippen LogP contribution is -2.43. The number of fused-ring (bicyclic) bond motifs is 1. The van der Waals surface area contributed by atoms with Gasteiger partial charge in [0.05, 0.1) is 17.6 Å². The number of para-hydroxylation sites is 2. The Hall–Kier alpha value is -3.02. The van der Waals surface area contributed by atoms with Crippen LogP contribution in [0, 0.1) is 0 Å². The Morgan fingerprint density at radius 3 is 2.19 bits per heavy atom. The number of aromatic nitrogens is 2. The van der Waals surface area contributed by atoms with E-state index in [4.69, 9.17) is 5.11 Å². The lowest BCUT2D eigenvalue weighted by atomic mass is 10.0. The van der Waals surface area contributed by atoms with Gasteiger partial charge in [-0.2, -0.15) is 0 Å². The molecule has 0 radical (unpaired) electrons. The summed E-state index contributed by atoms with van der Waals surface area (Å²) in [7, 11) is 0. The highest BCUT2D eigenvalue weighted by Gasteiger charge is 2.21. The molecule has 0 saturated carbocycles. The molecule has 0 aliphatic rings. The van der Waals surface area contributed by atoms with Gasteiger partial charge in [-0.25, -0.2) is 9.59 Å². The summed E-state index contributed by atoms with van der Waals surface area (Å²) in [6.07, 6.45) is -0.549. The fourth-order valence-corrected chi connectivity index (χ4v) is 3.15. The van der Waals surface area contributed by atoms with E-state index in [1.165, 1.54) is 0 Å². The average molecular weight is 353 g/mol. The lowest BCUT2D eigenvalue weighted by Gasteiger charge is -2.24. The van der Waals surface area contributed by atoms with Crippen LogP contribution in [0.3, 0.4) is 0 Å². The molecule has 2 aromatic carbocycles. The minimum Gasteiger partial charge on any atom is -0.465 e. The lowest BCUT2D eigenvalue weighted by molar-refractivity contribution is 0.179. The minimum absolute atomic E-state index is 0.0822. The molecule has 136 valence electrons. The smallest absolute Gasteiger partial charge is 0.405 e. The Kier molecular flexibility index (Phi) is 4.84. The second-order valence-electron chi connectivity index (χ2n) is 7.06. The van der Waals surface area contributed by atoms with Crippen molar-refractivity contribution in [1.29, 1.82) is 0 Å². The highest BCUT2D eigenvalue weighted by Crippen LogP contribution is 2.17. The first kappa shape index (κ1) is 17.8. The first-order valence-electron chi connectivity index (χ1n) is 8.60. The molecule has 1 heterocycles. The van der Waals surface area contributed by atoms with Crippen LogP contribution in [0.1, 0.15) is 25.8 Å². The maximum Gasteiger partial charge on any atom is 0.405 e. The van der Waals surface area contributed by atoms with Crippen molar-refractivity contribution < 1.29 is 9.90 Å². The third-order valence-electron chi connectivity index (χ3n) is 4.51. The number of rotatable bonds is 6. The first-order chi connectivity index (χ1) is 12.4. The fraction of sp³-hybridized carbons (Fsp3) is 0.300. The Labute approximate surface area is 151 Å². The monoisotopic (exact) mass is 353 g/mol. The van der Waals surface area contributed by atoms with Crippen LogP contribution in [0.4, 0.5) is 4.79 Å². The van der Waals surface area contributed by atoms with Crippen molar-refractivity contribution in [2.45, 2.75) is 38.9 Å². The zero-order chi connectivity index (χ0) is 18.7. The van der Waals surface area contributed by atoms with Crippen molar-refractivity contribution in [2.24, 2.45) is 0 Å². The number of hydrogen-bond donors (Lipinski definition) is 2. The molecule has 0 spiro atoms. The average Bonchev–Trinajstić information content (AvgIpc) is 2.85. The zero-order valence-corrected chi connectivity index (χ0v) is 15.0. The van der Waals surface area contributed by atoms with E-state index >= 15 is 0 Å². The summed E-state index contributed by atoms with van der Waals surface area (Å²) in [5.41, 5.74) is 2.10.